The summed E-state index contributed by atoms with van der Waals surface area (Å²) in [6.07, 6.45) is 2.02. The molecular weight excluding hydrogens is 134 g/mol. The first-order valence-corrected chi connectivity index (χ1v) is 3.06. The Balaban J connectivity index is 0. The Labute approximate surface area is 63.7 Å². The Hall–Kier alpha value is -0.0100. The van der Waals surface area contributed by atoms with Crippen molar-refractivity contribution in [3.8, 4) is 0 Å². The van der Waals surface area contributed by atoms with Gasteiger partial charge in [0.05, 0.1) is 0 Å². The lowest BCUT2D eigenvalue weighted by atomic mass is 10.1. The van der Waals surface area contributed by atoms with E-state index < -0.39 is 0 Å². The van der Waals surface area contributed by atoms with Gasteiger partial charge in [0.15, 0.2) is 0 Å². The van der Waals surface area contributed by atoms with E-state index in [2.05, 4.69) is 13.5 Å². The Morgan fingerprint density at radius 1 is 1.67 bits per heavy atom. The van der Waals surface area contributed by atoms with Gasteiger partial charge in [-0.2, -0.15) is 0 Å². The molecule has 2 N–H and O–H groups in total. The molecule has 0 aromatic rings. The highest BCUT2D eigenvalue weighted by Crippen LogP contribution is 2.01. The van der Waals surface area contributed by atoms with E-state index in [1.54, 1.807) is 0 Å². The summed E-state index contributed by atoms with van der Waals surface area (Å²) in [4.78, 5) is 0. The molecule has 0 bridgehead atoms. The van der Waals surface area contributed by atoms with Crippen LogP contribution in [0, 0.1) is 0 Å². The molecule has 0 rings (SSSR count). The molecule has 0 aromatic carbocycles. The standard InChI is InChI=1S/C7H15N.ClH/c1-4-7(8)5-6(2)3;/h7H,2,4-5,8H2,1,3H3;1H. The van der Waals surface area contributed by atoms with Gasteiger partial charge in [-0.1, -0.05) is 12.5 Å². The molecule has 0 saturated carbocycles. The zero-order valence-electron chi connectivity index (χ0n) is 6.18. The molecule has 1 atom stereocenters. The van der Waals surface area contributed by atoms with Crippen molar-refractivity contribution in [2.45, 2.75) is 32.7 Å². The zero-order valence-corrected chi connectivity index (χ0v) is 7.00. The van der Waals surface area contributed by atoms with E-state index >= 15 is 0 Å². The number of rotatable bonds is 3. The lowest BCUT2D eigenvalue weighted by Gasteiger charge is -2.05. The van der Waals surface area contributed by atoms with Gasteiger partial charge in [0.1, 0.15) is 0 Å². The quantitative estimate of drug-likeness (QED) is 0.612. The maximum Gasteiger partial charge on any atom is 0.00732 e. The monoisotopic (exact) mass is 149 g/mol. The van der Waals surface area contributed by atoms with Crippen LogP contribution in [0.1, 0.15) is 26.7 Å². The Morgan fingerprint density at radius 3 is 2.22 bits per heavy atom. The summed E-state index contributed by atoms with van der Waals surface area (Å²) in [5.41, 5.74) is 6.79. The molecule has 0 aliphatic heterocycles. The van der Waals surface area contributed by atoms with Crippen molar-refractivity contribution in [3.63, 3.8) is 0 Å². The third-order valence-electron chi connectivity index (χ3n) is 1.14. The molecule has 0 fully saturated rings. The van der Waals surface area contributed by atoms with Crippen molar-refractivity contribution in [2.24, 2.45) is 5.73 Å². The Bertz CT molecular complexity index is 81.0. The molecule has 2 heteroatoms. The van der Waals surface area contributed by atoms with E-state index in [4.69, 9.17) is 5.73 Å². The third-order valence-corrected chi connectivity index (χ3v) is 1.14. The van der Waals surface area contributed by atoms with Gasteiger partial charge < -0.3 is 5.73 Å². The highest BCUT2D eigenvalue weighted by Gasteiger charge is 1.96. The average Bonchev–Trinajstić information content (AvgIpc) is 1.65. The van der Waals surface area contributed by atoms with E-state index in [9.17, 15) is 0 Å². The molecule has 56 valence electrons. The minimum atomic E-state index is 0. The van der Waals surface area contributed by atoms with Gasteiger partial charge in [-0.05, 0) is 19.8 Å². The van der Waals surface area contributed by atoms with Crippen LogP contribution in [-0.2, 0) is 0 Å². The molecule has 1 nitrogen and oxygen atoms in total. The maximum atomic E-state index is 5.61. The molecule has 0 aromatic heterocycles. The first-order valence-electron chi connectivity index (χ1n) is 3.06. The van der Waals surface area contributed by atoms with Gasteiger partial charge in [-0.3, -0.25) is 0 Å². The molecule has 0 heterocycles. The predicted molar refractivity (Wildman–Crippen MR) is 44.9 cm³/mol. The van der Waals surface area contributed by atoms with Crippen LogP contribution in [0.5, 0.6) is 0 Å². The molecular formula is C7H16ClN. The van der Waals surface area contributed by atoms with Gasteiger partial charge in [0.2, 0.25) is 0 Å². The fraction of sp³-hybridized carbons (Fsp3) is 0.714. The fourth-order valence-electron chi connectivity index (χ4n) is 0.592. The molecule has 1 unspecified atom stereocenters. The van der Waals surface area contributed by atoms with Crippen molar-refractivity contribution in [3.05, 3.63) is 12.2 Å². The number of hydrogen-bond acceptors (Lipinski definition) is 1. The average molecular weight is 150 g/mol. The number of halogens is 1. The first kappa shape index (κ1) is 11.7. The summed E-state index contributed by atoms with van der Waals surface area (Å²) < 4.78 is 0. The minimum absolute atomic E-state index is 0. The third kappa shape index (κ3) is 7.99. The van der Waals surface area contributed by atoms with Crippen LogP contribution in [0.15, 0.2) is 12.2 Å². The summed E-state index contributed by atoms with van der Waals surface area (Å²) in [5, 5.41) is 0. The summed E-state index contributed by atoms with van der Waals surface area (Å²) >= 11 is 0. The van der Waals surface area contributed by atoms with Crippen molar-refractivity contribution >= 4 is 12.4 Å². The molecule has 0 radical (unpaired) electrons. The van der Waals surface area contributed by atoms with Gasteiger partial charge in [0.25, 0.3) is 0 Å². The van der Waals surface area contributed by atoms with Crippen LogP contribution in [0.25, 0.3) is 0 Å². The smallest absolute Gasteiger partial charge is 0.00732 e. The zero-order chi connectivity index (χ0) is 6.57. The molecule has 0 saturated heterocycles. The van der Waals surface area contributed by atoms with E-state index in [1.165, 1.54) is 5.57 Å². The SMILES string of the molecule is C=C(C)CC(N)CC.Cl. The summed E-state index contributed by atoms with van der Waals surface area (Å²) in [6, 6.07) is 0.326. The maximum absolute atomic E-state index is 5.61. The molecule has 0 spiro atoms. The summed E-state index contributed by atoms with van der Waals surface area (Å²) in [6.45, 7) is 7.86. The fourth-order valence-corrected chi connectivity index (χ4v) is 0.592. The second-order valence-electron chi connectivity index (χ2n) is 2.33. The summed E-state index contributed by atoms with van der Waals surface area (Å²) in [5.74, 6) is 0. The van der Waals surface area contributed by atoms with Crippen molar-refractivity contribution in [1.29, 1.82) is 0 Å². The largest absolute Gasteiger partial charge is 0.327 e. The molecule has 0 aliphatic carbocycles. The van der Waals surface area contributed by atoms with E-state index in [0.717, 1.165) is 12.8 Å². The lowest BCUT2D eigenvalue weighted by molar-refractivity contribution is 0.643. The number of nitrogens with two attached hydrogens (primary N) is 1. The van der Waals surface area contributed by atoms with Crippen LogP contribution in [0.3, 0.4) is 0 Å². The lowest BCUT2D eigenvalue weighted by Crippen LogP contribution is -2.18. The van der Waals surface area contributed by atoms with Crippen molar-refractivity contribution in [2.75, 3.05) is 0 Å². The van der Waals surface area contributed by atoms with Crippen molar-refractivity contribution in [1.82, 2.24) is 0 Å². The highest BCUT2D eigenvalue weighted by molar-refractivity contribution is 5.85. The second kappa shape index (κ2) is 6.12. The Morgan fingerprint density at radius 2 is 2.11 bits per heavy atom. The first-order chi connectivity index (χ1) is 3.66. The van der Waals surface area contributed by atoms with Crippen LogP contribution in [0.4, 0.5) is 0 Å². The van der Waals surface area contributed by atoms with Crippen LogP contribution < -0.4 is 5.73 Å². The predicted octanol–water partition coefficient (Wildman–Crippen LogP) is 2.11. The normalized spacial score (nSPS) is 11.9. The van der Waals surface area contributed by atoms with E-state index in [0.29, 0.717) is 6.04 Å². The topological polar surface area (TPSA) is 26.0 Å². The van der Waals surface area contributed by atoms with E-state index in [1.807, 2.05) is 6.92 Å². The van der Waals surface area contributed by atoms with Crippen LogP contribution in [0.2, 0.25) is 0 Å². The van der Waals surface area contributed by atoms with Crippen molar-refractivity contribution < 1.29 is 0 Å². The van der Waals surface area contributed by atoms with Gasteiger partial charge in [-0.25, -0.2) is 0 Å². The van der Waals surface area contributed by atoms with Gasteiger partial charge >= 0.3 is 0 Å². The number of hydrogen-bond donors (Lipinski definition) is 1. The molecule has 0 aliphatic rings. The van der Waals surface area contributed by atoms with Gasteiger partial charge in [-0.15, -0.1) is 19.0 Å². The van der Waals surface area contributed by atoms with Crippen LogP contribution in [-0.4, -0.2) is 6.04 Å². The minimum Gasteiger partial charge on any atom is -0.327 e. The molecule has 9 heavy (non-hydrogen) atoms. The molecule has 0 amide bonds. The highest BCUT2D eigenvalue weighted by atomic mass is 35.5. The van der Waals surface area contributed by atoms with Crippen LogP contribution >= 0.6 is 12.4 Å². The van der Waals surface area contributed by atoms with Gasteiger partial charge in [0, 0.05) is 6.04 Å². The Kier molecular flexibility index (Phi) is 7.98. The second-order valence-corrected chi connectivity index (χ2v) is 2.33. The summed E-state index contributed by atoms with van der Waals surface area (Å²) in [7, 11) is 0. The van der Waals surface area contributed by atoms with E-state index in [-0.39, 0.29) is 12.4 Å².